The number of carbonyl (C=O) groups excluding carboxylic acids is 1. The minimum Gasteiger partial charge on any atom is -0.342 e. The first-order valence-electron chi connectivity index (χ1n) is 9.59. The van der Waals surface area contributed by atoms with Crippen molar-refractivity contribution < 1.29 is 13.2 Å². The Hall–Kier alpha value is -2.52. The molecule has 0 aliphatic carbocycles. The number of amides is 1. The van der Waals surface area contributed by atoms with Gasteiger partial charge < -0.3 is 10.2 Å². The zero-order valence-corrected chi connectivity index (χ0v) is 17.8. The van der Waals surface area contributed by atoms with Gasteiger partial charge in [-0.2, -0.15) is 4.31 Å². The number of sulfonamides is 1. The summed E-state index contributed by atoms with van der Waals surface area (Å²) in [5.74, 6) is 0.344. The molecule has 0 radical (unpaired) electrons. The number of rotatable bonds is 6. The van der Waals surface area contributed by atoms with Gasteiger partial charge in [0.1, 0.15) is 6.04 Å². The third-order valence-corrected chi connectivity index (χ3v) is 6.19. The highest BCUT2D eigenvalue weighted by atomic mass is 32.2. The highest BCUT2D eigenvalue weighted by Crippen LogP contribution is 2.14. The minimum absolute atomic E-state index is 0.0789. The van der Waals surface area contributed by atoms with Crippen LogP contribution >= 0.6 is 0 Å². The van der Waals surface area contributed by atoms with Crippen molar-refractivity contribution in [1.29, 1.82) is 0 Å². The maximum absolute atomic E-state index is 13.3. The lowest BCUT2D eigenvalue weighted by Gasteiger charge is -2.35. The smallest absolute Gasteiger partial charge is 0.245 e. The monoisotopic (exact) mass is 417 g/mol. The van der Waals surface area contributed by atoms with Gasteiger partial charge in [0.2, 0.25) is 21.9 Å². The average Bonchev–Trinajstić information content (AvgIpc) is 2.66. The number of piperazine rings is 1. The molecule has 8 nitrogen and oxygen atoms in total. The maximum Gasteiger partial charge on any atom is 0.245 e. The molecule has 1 saturated heterocycles. The van der Waals surface area contributed by atoms with Crippen LogP contribution in [0.1, 0.15) is 17.0 Å². The summed E-state index contributed by atoms with van der Waals surface area (Å²) in [6, 6.07) is 11.1. The van der Waals surface area contributed by atoms with Crippen molar-refractivity contribution in [3.63, 3.8) is 0 Å². The molecule has 1 N–H and O–H groups in total. The van der Waals surface area contributed by atoms with Crippen LogP contribution in [0.25, 0.3) is 0 Å². The predicted octanol–water partition coefficient (Wildman–Crippen LogP) is 1.22. The summed E-state index contributed by atoms with van der Waals surface area (Å²) in [5, 5.41) is 3.20. The normalized spacial score (nSPS) is 16.4. The molecule has 1 aromatic heterocycles. The van der Waals surface area contributed by atoms with E-state index in [0.717, 1.165) is 17.0 Å². The number of hydrogen-bond donors (Lipinski definition) is 1. The van der Waals surface area contributed by atoms with Gasteiger partial charge >= 0.3 is 0 Å². The standard InChI is InChI=1S/C20H27N5O3S/c1-15-13-16(2)22-20(21-15)23-18(14-17-7-5-4-6-8-17)19(26)24-9-11-25(12-10-24)29(3,27)28/h4-8,13,18H,9-12,14H2,1-3H3,(H,21,22,23). The van der Waals surface area contributed by atoms with E-state index in [1.165, 1.54) is 10.6 Å². The van der Waals surface area contributed by atoms with Crippen LogP contribution in [0.2, 0.25) is 0 Å². The minimum atomic E-state index is -3.24. The maximum atomic E-state index is 13.3. The van der Waals surface area contributed by atoms with E-state index >= 15 is 0 Å². The number of carbonyl (C=O) groups is 1. The van der Waals surface area contributed by atoms with E-state index in [9.17, 15) is 13.2 Å². The molecule has 0 saturated carbocycles. The van der Waals surface area contributed by atoms with Crippen LogP contribution < -0.4 is 5.32 Å². The summed E-state index contributed by atoms with van der Waals surface area (Å²) in [5.41, 5.74) is 2.68. The van der Waals surface area contributed by atoms with Crippen molar-refractivity contribution in [1.82, 2.24) is 19.2 Å². The lowest BCUT2D eigenvalue weighted by atomic mass is 10.0. The summed E-state index contributed by atoms with van der Waals surface area (Å²) in [7, 11) is -3.24. The number of aryl methyl sites for hydroxylation is 2. The van der Waals surface area contributed by atoms with Crippen LogP contribution in [0.5, 0.6) is 0 Å². The lowest BCUT2D eigenvalue weighted by Crippen LogP contribution is -2.54. The van der Waals surface area contributed by atoms with E-state index < -0.39 is 16.1 Å². The summed E-state index contributed by atoms with van der Waals surface area (Å²) < 4.78 is 24.9. The van der Waals surface area contributed by atoms with Crippen LogP contribution in [0.4, 0.5) is 5.95 Å². The number of aromatic nitrogens is 2. The Morgan fingerprint density at radius 3 is 2.21 bits per heavy atom. The Morgan fingerprint density at radius 1 is 1.07 bits per heavy atom. The van der Waals surface area contributed by atoms with Crippen LogP contribution in [0, 0.1) is 13.8 Å². The summed E-state index contributed by atoms with van der Waals surface area (Å²) in [4.78, 5) is 23.8. The molecule has 1 atom stereocenters. The molecule has 1 fully saturated rings. The van der Waals surface area contributed by atoms with Gasteiger partial charge in [0.05, 0.1) is 6.26 Å². The molecule has 2 aromatic rings. The predicted molar refractivity (Wildman–Crippen MR) is 112 cm³/mol. The topological polar surface area (TPSA) is 95.5 Å². The third-order valence-electron chi connectivity index (χ3n) is 4.89. The van der Waals surface area contributed by atoms with Crippen molar-refractivity contribution in [2.75, 3.05) is 37.8 Å². The largest absolute Gasteiger partial charge is 0.342 e. The van der Waals surface area contributed by atoms with Crippen molar-refractivity contribution in [2.45, 2.75) is 26.3 Å². The fourth-order valence-corrected chi connectivity index (χ4v) is 4.28. The number of nitrogens with one attached hydrogen (secondary N) is 1. The second kappa shape index (κ2) is 8.87. The highest BCUT2D eigenvalue weighted by molar-refractivity contribution is 7.88. The van der Waals surface area contributed by atoms with Crippen molar-refractivity contribution in [3.8, 4) is 0 Å². The summed E-state index contributed by atoms with van der Waals surface area (Å²) in [6.45, 7) is 5.13. The van der Waals surface area contributed by atoms with Crippen LogP contribution in [-0.2, 0) is 21.2 Å². The Balaban J connectivity index is 1.78. The molecule has 0 bridgehead atoms. The Bertz CT molecular complexity index is 937. The third kappa shape index (κ3) is 5.74. The van der Waals surface area contributed by atoms with E-state index in [4.69, 9.17) is 0 Å². The molecular formula is C20H27N5O3S. The molecular weight excluding hydrogens is 390 g/mol. The van der Waals surface area contributed by atoms with Gasteiger partial charge in [-0.05, 0) is 25.5 Å². The SMILES string of the molecule is Cc1cc(C)nc(NC(Cc2ccccc2)C(=O)N2CCN(S(C)(=O)=O)CC2)n1. The average molecular weight is 418 g/mol. The van der Waals surface area contributed by atoms with Gasteiger partial charge in [0.15, 0.2) is 0 Å². The summed E-state index contributed by atoms with van der Waals surface area (Å²) >= 11 is 0. The van der Waals surface area contributed by atoms with Crippen molar-refractivity contribution >= 4 is 21.9 Å². The van der Waals surface area contributed by atoms with E-state index in [-0.39, 0.29) is 5.91 Å². The molecule has 3 rings (SSSR count). The first kappa shape index (κ1) is 21.2. The summed E-state index contributed by atoms with van der Waals surface area (Å²) in [6.07, 6.45) is 1.68. The number of hydrogen-bond acceptors (Lipinski definition) is 6. The van der Waals surface area contributed by atoms with E-state index in [1.807, 2.05) is 50.2 Å². The molecule has 2 heterocycles. The fraction of sp³-hybridized carbons (Fsp3) is 0.450. The Morgan fingerprint density at radius 2 is 1.66 bits per heavy atom. The molecule has 1 aromatic carbocycles. The molecule has 156 valence electrons. The first-order valence-corrected chi connectivity index (χ1v) is 11.4. The van der Waals surface area contributed by atoms with Gasteiger partial charge in [0.25, 0.3) is 0 Å². The van der Waals surface area contributed by atoms with Crippen LogP contribution in [0.3, 0.4) is 0 Å². The van der Waals surface area contributed by atoms with Crippen molar-refractivity contribution in [3.05, 3.63) is 53.3 Å². The molecule has 1 unspecified atom stereocenters. The number of nitrogens with zero attached hydrogens (tertiary/aromatic N) is 4. The molecule has 1 amide bonds. The van der Waals surface area contributed by atoms with Gasteiger partial charge in [-0.3, -0.25) is 4.79 Å². The van der Waals surface area contributed by atoms with Gasteiger partial charge in [0, 0.05) is 44.0 Å². The van der Waals surface area contributed by atoms with E-state index in [2.05, 4.69) is 15.3 Å². The lowest BCUT2D eigenvalue weighted by molar-refractivity contribution is -0.133. The van der Waals surface area contributed by atoms with Gasteiger partial charge in [-0.15, -0.1) is 0 Å². The van der Waals surface area contributed by atoms with Crippen LogP contribution in [-0.4, -0.2) is 72.0 Å². The number of anilines is 1. The quantitative estimate of drug-likeness (QED) is 0.759. The molecule has 29 heavy (non-hydrogen) atoms. The number of benzene rings is 1. The Labute approximate surface area is 172 Å². The molecule has 1 aliphatic rings. The van der Waals surface area contributed by atoms with Gasteiger partial charge in [-0.25, -0.2) is 18.4 Å². The van der Waals surface area contributed by atoms with Crippen molar-refractivity contribution in [2.24, 2.45) is 0 Å². The van der Waals surface area contributed by atoms with Gasteiger partial charge in [-0.1, -0.05) is 30.3 Å². The zero-order chi connectivity index (χ0) is 21.0. The first-order chi connectivity index (χ1) is 13.7. The van der Waals surface area contributed by atoms with E-state index in [0.29, 0.717) is 38.5 Å². The highest BCUT2D eigenvalue weighted by Gasteiger charge is 2.30. The fourth-order valence-electron chi connectivity index (χ4n) is 3.46. The second-order valence-electron chi connectivity index (χ2n) is 7.35. The molecule has 1 aliphatic heterocycles. The van der Waals surface area contributed by atoms with Crippen LogP contribution in [0.15, 0.2) is 36.4 Å². The molecule has 9 heteroatoms. The Kier molecular flexibility index (Phi) is 6.49. The second-order valence-corrected chi connectivity index (χ2v) is 9.33. The van der Waals surface area contributed by atoms with E-state index in [1.54, 1.807) is 4.90 Å². The zero-order valence-electron chi connectivity index (χ0n) is 17.0. The molecule has 0 spiro atoms.